The van der Waals surface area contributed by atoms with Gasteiger partial charge in [0.1, 0.15) is 11.0 Å². The van der Waals surface area contributed by atoms with E-state index in [4.69, 9.17) is 5.11 Å². The predicted octanol–water partition coefficient (Wildman–Crippen LogP) is 1.22. The average Bonchev–Trinajstić information content (AvgIpc) is 2.81. The standard InChI is InChI=1S/C14H21N3O3S/c1-14(2,3)10-8-21-11(16-10)7-17-5-4-15-13(20)9(17)6-12(18)19/h8-9H,4-7H2,1-3H3,(H,15,20)(H,18,19). The number of thiazole rings is 1. The Morgan fingerprint density at radius 2 is 2.29 bits per heavy atom. The van der Waals surface area contributed by atoms with Gasteiger partial charge in [-0.05, 0) is 0 Å². The summed E-state index contributed by atoms with van der Waals surface area (Å²) in [6.07, 6.45) is -0.177. The summed E-state index contributed by atoms with van der Waals surface area (Å²) in [6.45, 7) is 8.03. The molecule has 0 saturated carbocycles. The molecule has 2 N–H and O–H groups in total. The second kappa shape index (κ2) is 6.11. The molecule has 1 aromatic rings. The third-order valence-electron chi connectivity index (χ3n) is 3.47. The van der Waals surface area contributed by atoms with Gasteiger partial charge in [0.15, 0.2) is 0 Å². The lowest BCUT2D eigenvalue weighted by Gasteiger charge is -2.33. The molecule has 0 aromatic carbocycles. The van der Waals surface area contributed by atoms with Gasteiger partial charge in [-0.3, -0.25) is 14.5 Å². The Morgan fingerprint density at radius 1 is 1.57 bits per heavy atom. The van der Waals surface area contributed by atoms with E-state index in [2.05, 4.69) is 31.1 Å². The fourth-order valence-corrected chi connectivity index (χ4v) is 3.29. The van der Waals surface area contributed by atoms with Gasteiger partial charge in [-0.1, -0.05) is 20.8 Å². The summed E-state index contributed by atoms with van der Waals surface area (Å²) < 4.78 is 0. The largest absolute Gasteiger partial charge is 0.481 e. The van der Waals surface area contributed by atoms with Crippen LogP contribution in [0.15, 0.2) is 5.38 Å². The minimum absolute atomic E-state index is 0.00547. The first-order valence-corrected chi connectivity index (χ1v) is 7.84. The van der Waals surface area contributed by atoms with Crippen LogP contribution in [-0.2, 0) is 21.5 Å². The molecule has 116 valence electrons. The van der Waals surface area contributed by atoms with E-state index < -0.39 is 12.0 Å². The lowest BCUT2D eigenvalue weighted by Crippen LogP contribution is -2.55. The number of aromatic nitrogens is 1. The summed E-state index contributed by atoms with van der Waals surface area (Å²) in [6, 6.07) is -0.613. The Bertz CT molecular complexity index is 536. The highest BCUT2D eigenvalue weighted by molar-refractivity contribution is 7.09. The van der Waals surface area contributed by atoms with Crippen LogP contribution in [0.2, 0.25) is 0 Å². The van der Waals surface area contributed by atoms with Gasteiger partial charge in [0.2, 0.25) is 5.91 Å². The topological polar surface area (TPSA) is 82.5 Å². The van der Waals surface area contributed by atoms with Crippen LogP contribution in [0.4, 0.5) is 0 Å². The molecule has 1 atom stereocenters. The van der Waals surface area contributed by atoms with E-state index >= 15 is 0 Å². The van der Waals surface area contributed by atoms with E-state index in [9.17, 15) is 9.59 Å². The smallest absolute Gasteiger partial charge is 0.305 e. The highest BCUT2D eigenvalue weighted by atomic mass is 32.1. The van der Waals surface area contributed by atoms with Gasteiger partial charge in [0.05, 0.1) is 18.7 Å². The summed E-state index contributed by atoms with van der Waals surface area (Å²) in [7, 11) is 0. The Labute approximate surface area is 128 Å². The van der Waals surface area contributed by atoms with E-state index in [1.807, 2.05) is 10.3 Å². The van der Waals surface area contributed by atoms with Crippen LogP contribution in [-0.4, -0.2) is 46.0 Å². The SMILES string of the molecule is CC(C)(C)c1csc(CN2CCNC(=O)C2CC(=O)O)n1. The molecule has 6 nitrogen and oxygen atoms in total. The van der Waals surface area contributed by atoms with Gasteiger partial charge >= 0.3 is 5.97 Å². The van der Waals surface area contributed by atoms with Gasteiger partial charge in [-0.25, -0.2) is 4.98 Å². The van der Waals surface area contributed by atoms with Crippen molar-refractivity contribution >= 4 is 23.2 Å². The first-order chi connectivity index (χ1) is 9.77. The molecule has 1 saturated heterocycles. The van der Waals surface area contributed by atoms with E-state index in [-0.39, 0.29) is 17.7 Å². The fraction of sp³-hybridized carbons (Fsp3) is 0.643. The zero-order valence-corrected chi connectivity index (χ0v) is 13.4. The Morgan fingerprint density at radius 3 is 2.86 bits per heavy atom. The molecule has 0 radical (unpaired) electrons. The normalized spacial score (nSPS) is 20.3. The summed E-state index contributed by atoms with van der Waals surface area (Å²) >= 11 is 1.56. The molecule has 1 aliphatic rings. The zero-order valence-electron chi connectivity index (χ0n) is 12.5. The lowest BCUT2D eigenvalue weighted by atomic mass is 9.93. The van der Waals surface area contributed by atoms with Crippen molar-refractivity contribution in [3.8, 4) is 0 Å². The van der Waals surface area contributed by atoms with Gasteiger partial charge in [0, 0.05) is 23.9 Å². The maximum atomic E-state index is 11.9. The molecule has 1 amide bonds. The number of piperazine rings is 1. The highest BCUT2D eigenvalue weighted by Crippen LogP contribution is 2.25. The number of carboxylic acid groups (broad SMARTS) is 1. The van der Waals surface area contributed by atoms with E-state index in [0.29, 0.717) is 19.6 Å². The molecule has 21 heavy (non-hydrogen) atoms. The minimum Gasteiger partial charge on any atom is -0.481 e. The number of carbonyl (C=O) groups excluding carboxylic acids is 1. The molecule has 2 heterocycles. The van der Waals surface area contributed by atoms with E-state index in [1.165, 1.54) is 0 Å². The molecule has 7 heteroatoms. The van der Waals surface area contributed by atoms with Crippen LogP contribution in [0.1, 0.15) is 37.9 Å². The molecule has 0 bridgehead atoms. The van der Waals surface area contributed by atoms with Crippen molar-refractivity contribution in [2.24, 2.45) is 0 Å². The summed E-state index contributed by atoms with van der Waals surface area (Å²) in [5, 5.41) is 14.6. The molecule has 1 aliphatic heterocycles. The van der Waals surface area contributed by atoms with Crippen molar-refractivity contribution in [1.82, 2.24) is 15.2 Å². The van der Waals surface area contributed by atoms with Crippen molar-refractivity contribution < 1.29 is 14.7 Å². The number of carbonyl (C=O) groups is 2. The highest BCUT2D eigenvalue weighted by Gasteiger charge is 2.32. The number of nitrogens with zero attached hydrogens (tertiary/aromatic N) is 2. The van der Waals surface area contributed by atoms with Gasteiger partial charge in [-0.2, -0.15) is 0 Å². The molecule has 2 rings (SSSR count). The molecular formula is C14H21N3O3S. The molecule has 0 spiro atoms. The third kappa shape index (κ3) is 4.01. The number of nitrogens with one attached hydrogen (secondary N) is 1. The predicted molar refractivity (Wildman–Crippen MR) is 80.3 cm³/mol. The second-order valence-corrected chi connectivity index (χ2v) is 7.19. The summed E-state index contributed by atoms with van der Waals surface area (Å²) in [5.74, 6) is -1.17. The third-order valence-corrected chi connectivity index (χ3v) is 4.30. The Balaban J connectivity index is 2.10. The minimum atomic E-state index is -0.962. The van der Waals surface area contributed by atoms with Crippen LogP contribution in [0, 0.1) is 0 Å². The van der Waals surface area contributed by atoms with Crippen molar-refractivity contribution in [2.75, 3.05) is 13.1 Å². The van der Waals surface area contributed by atoms with Crippen LogP contribution in [0.3, 0.4) is 0 Å². The van der Waals surface area contributed by atoms with Gasteiger partial charge < -0.3 is 10.4 Å². The molecule has 1 unspecified atom stereocenters. The van der Waals surface area contributed by atoms with Gasteiger partial charge in [-0.15, -0.1) is 11.3 Å². The monoisotopic (exact) mass is 311 g/mol. The zero-order chi connectivity index (χ0) is 15.6. The average molecular weight is 311 g/mol. The van der Waals surface area contributed by atoms with E-state index in [1.54, 1.807) is 11.3 Å². The second-order valence-electron chi connectivity index (χ2n) is 6.25. The maximum absolute atomic E-state index is 11.9. The Hall–Kier alpha value is -1.47. The van der Waals surface area contributed by atoms with E-state index in [0.717, 1.165) is 10.7 Å². The number of rotatable bonds is 4. The molecular weight excluding hydrogens is 290 g/mol. The van der Waals surface area contributed by atoms with Crippen LogP contribution in [0.5, 0.6) is 0 Å². The quantitative estimate of drug-likeness (QED) is 0.873. The van der Waals surface area contributed by atoms with Crippen molar-refractivity contribution in [3.63, 3.8) is 0 Å². The Kier molecular flexibility index (Phi) is 4.63. The molecule has 1 fully saturated rings. The first kappa shape index (κ1) is 15.9. The van der Waals surface area contributed by atoms with Gasteiger partial charge in [0.25, 0.3) is 0 Å². The first-order valence-electron chi connectivity index (χ1n) is 6.96. The summed E-state index contributed by atoms with van der Waals surface area (Å²) in [4.78, 5) is 29.3. The summed E-state index contributed by atoms with van der Waals surface area (Å²) in [5.41, 5.74) is 1.02. The maximum Gasteiger partial charge on any atom is 0.305 e. The van der Waals surface area contributed by atoms with Crippen LogP contribution >= 0.6 is 11.3 Å². The number of amides is 1. The number of hydrogen-bond acceptors (Lipinski definition) is 5. The number of aliphatic carboxylic acids is 1. The number of hydrogen-bond donors (Lipinski definition) is 2. The van der Waals surface area contributed by atoms with Crippen LogP contribution in [0.25, 0.3) is 0 Å². The molecule has 1 aromatic heterocycles. The number of carboxylic acids is 1. The van der Waals surface area contributed by atoms with Crippen molar-refractivity contribution in [2.45, 2.75) is 45.2 Å². The van der Waals surface area contributed by atoms with Crippen LogP contribution < -0.4 is 5.32 Å². The van der Waals surface area contributed by atoms with Crippen molar-refractivity contribution in [3.05, 3.63) is 16.1 Å². The lowest BCUT2D eigenvalue weighted by molar-refractivity contribution is -0.143. The van der Waals surface area contributed by atoms with Crippen molar-refractivity contribution in [1.29, 1.82) is 0 Å². The molecule has 0 aliphatic carbocycles. The fourth-order valence-electron chi connectivity index (χ4n) is 2.24.